The number of aliphatic imine (C=N–C) groups is 2. The topological polar surface area (TPSA) is 92.4 Å². The Morgan fingerprint density at radius 2 is 1.67 bits per heavy atom. The van der Waals surface area contributed by atoms with Crippen molar-refractivity contribution in [2.24, 2.45) is 17.0 Å². The molecule has 188 valence electrons. The number of rotatable bonds is 4. The second kappa shape index (κ2) is 9.79. The molecule has 0 amide bonds. The van der Waals surface area contributed by atoms with Gasteiger partial charge in [-0.3, -0.25) is 9.67 Å². The van der Waals surface area contributed by atoms with E-state index in [1.54, 1.807) is 19.2 Å². The monoisotopic (exact) mass is 508 g/mol. The highest BCUT2D eigenvalue weighted by atomic mass is 19.4. The summed E-state index contributed by atoms with van der Waals surface area (Å²) in [4.78, 5) is 15.8. The summed E-state index contributed by atoms with van der Waals surface area (Å²) in [6, 6.07) is 7.32. The molecular formula is C22H18F6N8. The summed E-state index contributed by atoms with van der Waals surface area (Å²) in [7, 11) is 1.65. The van der Waals surface area contributed by atoms with E-state index >= 15 is 0 Å². The Morgan fingerprint density at radius 1 is 0.889 bits per heavy atom. The molecule has 36 heavy (non-hydrogen) atoms. The number of hydrogen-bond acceptors (Lipinski definition) is 7. The molecule has 4 rings (SSSR count). The summed E-state index contributed by atoms with van der Waals surface area (Å²) in [5.41, 5.74) is -1.77. The molecule has 3 aromatic rings. The minimum absolute atomic E-state index is 0.0260. The molecule has 4 heterocycles. The van der Waals surface area contributed by atoms with E-state index in [1.165, 1.54) is 29.1 Å². The Kier molecular flexibility index (Phi) is 6.77. The van der Waals surface area contributed by atoms with E-state index in [9.17, 15) is 26.3 Å². The van der Waals surface area contributed by atoms with Crippen molar-refractivity contribution in [2.45, 2.75) is 25.2 Å². The lowest BCUT2D eigenvalue weighted by molar-refractivity contribution is -0.141. The molecule has 0 aromatic carbocycles. The highest BCUT2D eigenvalue weighted by Gasteiger charge is 2.33. The van der Waals surface area contributed by atoms with Crippen molar-refractivity contribution >= 4 is 23.2 Å². The Hall–Kier alpha value is -4.23. The number of hydrogen-bond donors (Lipinski definition) is 2. The minimum atomic E-state index is -4.63. The minimum Gasteiger partial charge on any atom is -0.340 e. The van der Waals surface area contributed by atoms with Crippen LogP contribution in [-0.4, -0.2) is 31.4 Å². The second-order valence-electron chi connectivity index (χ2n) is 7.55. The molecule has 0 unspecified atom stereocenters. The molecule has 0 bridgehead atoms. The Labute approximate surface area is 200 Å². The number of aryl methyl sites for hydroxylation is 1. The number of allylic oxidation sites excluding steroid dienone is 1. The number of anilines is 2. The molecule has 3 aromatic heterocycles. The fourth-order valence-corrected chi connectivity index (χ4v) is 3.21. The van der Waals surface area contributed by atoms with Gasteiger partial charge in [0, 0.05) is 25.0 Å². The Morgan fingerprint density at radius 3 is 2.36 bits per heavy atom. The van der Waals surface area contributed by atoms with E-state index in [-0.39, 0.29) is 41.7 Å². The van der Waals surface area contributed by atoms with Gasteiger partial charge in [0.15, 0.2) is 0 Å². The molecule has 14 heteroatoms. The van der Waals surface area contributed by atoms with Crippen molar-refractivity contribution in [3.63, 3.8) is 0 Å². The van der Waals surface area contributed by atoms with Gasteiger partial charge >= 0.3 is 12.4 Å². The highest BCUT2D eigenvalue weighted by Crippen LogP contribution is 2.30. The molecule has 0 fully saturated rings. The third-order valence-electron chi connectivity index (χ3n) is 4.90. The molecule has 0 radical (unpaired) electrons. The third-order valence-corrected chi connectivity index (χ3v) is 4.90. The van der Waals surface area contributed by atoms with Crippen LogP contribution < -0.4 is 10.6 Å². The number of nitrogens with zero attached hydrogens (tertiary/aromatic N) is 6. The van der Waals surface area contributed by atoms with Crippen molar-refractivity contribution in [1.29, 1.82) is 0 Å². The van der Waals surface area contributed by atoms with E-state index < -0.39 is 23.7 Å². The number of halogens is 6. The summed E-state index contributed by atoms with van der Waals surface area (Å²) >= 11 is 0. The molecule has 1 aliphatic rings. The maximum Gasteiger partial charge on any atom is 0.433 e. The number of guanidine groups is 1. The predicted octanol–water partition coefficient (Wildman–Crippen LogP) is 5.25. The lowest BCUT2D eigenvalue weighted by atomic mass is 10.1. The fourth-order valence-electron chi connectivity index (χ4n) is 3.21. The van der Waals surface area contributed by atoms with Gasteiger partial charge in [0.25, 0.3) is 0 Å². The van der Waals surface area contributed by atoms with Gasteiger partial charge in [-0.2, -0.15) is 36.4 Å². The van der Waals surface area contributed by atoms with Gasteiger partial charge in [-0.1, -0.05) is 6.07 Å². The molecular weight excluding hydrogens is 490 g/mol. The molecule has 0 aliphatic carbocycles. The number of nitrogens with one attached hydrogen (secondary N) is 2. The van der Waals surface area contributed by atoms with Gasteiger partial charge in [0.05, 0.1) is 17.6 Å². The summed E-state index contributed by atoms with van der Waals surface area (Å²) in [5.74, 6) is 0.618. The summed E-state index contributed by atoms with van der Waals surface area (Å²) < 4.78 is 80.1. The van der Waals surface area contributed by atoms with E-state index in [0.29, 0.717) is 5.82 Å². The first kappa shape index (κ1) is 24.9. The standard InChI is InChI=1S/C22H18F6N8/c1-36-19(9-11-30-36)35-20-33-15(14-4-2-6-16(32-14)21(23,24)25)5-3-7-18(34-20)31-13-8-10-29-17(12-13)22(26,27)28/h2,4,6-12H,3,5H2,1H3,(H,29,31)(H,34,35)/b18-7-,33-15+. The second-order valence-corrected chi connectivity index (χ2v) is 7.55. The van der Waals surface area contributed by atoms with Crippen LogP contribution >= 0.6 is 0 Å². The first-order valence-electron chi connectivity index (χ1n) is 10.5. The lowest BCUT2D eigenvalue weighted by Crippen LogP contribution is -2.19. The van der Waals surface area contributed by atoms with E-state index in [0.717, 1.165) is 18.3 Å². The van der Waals surface area contributed by atoms with Gasteiger partial charge in [0.2, 0.25) is 5.96 Å². The van der Waals surface area contributed by atoms with Crippen molar-refractivity contribution in [3.05, 3.63) is 77.8 Å². The summed E-state index contributed by atoms with van der Waals surface area (Å²) in [6.07, 6.45) is -4.66. The molecule has 8 nitrogen and oxygen atoms in total. The van der Waals surface area contributed by atoms with Crippen LogP contribution in [0.25, 0.3) is 0 Å². The lowest BCUT2D eigenvalue weighted by Gasteiger charge is -2.15. The Bertz CT molecular complexity index is 1340. The normalized spacial score (nSPS) is 19.1. The zero-order valence-electron chi connectivity index (χ0n) is 18.6. The van der Waals surface area contributed by atoms with Gasteiger partial charge in [-0.25, -0.2) is 9.98 Å². The van der Waals surface area contributed by atoms with Crippen LogP contribution in [0.15, 0.2) is 70.7 Å². The number of pyridine rings is 2. The first-order chi connectivity index (χ1) is 17.0. The molecule has 1 aliphatic heterocycles. The number of alkyl halides is 6. The maximum atomic E-state index is 13.2. The van der Waals surface area contributed by atoms with Gasteiger partial charge in [-0.05, 0) is 43.2 Å². The van der Waals surface area contributed by atoms with Gasteiger partial charge in [0.1, 0.15) is 23.0 Å². The molecule has 0 saturated heterocycles. The molecule has 0 spiro atoms. The van der Waals surface area contributed by atoms with Crippen LogP contribution in [0.5, 0.6) is 0 Å². The van der Waals surface area contributed by atoms with E-state index in [4.69, 9.17) is 0 Å². The molecule has 0 atom stereocenters. The average molecular weight is 508 g/mol. The van der Waals surface area contributed by atoms with E-state index in [1.807, 2.05) is 0 Å². The van der Waals surface area contributed by atoms with Crippen LogP contribution in [0.1, 0.15) is 29.9 Å². The van der Waals surface area contributed by atoms with Crippen molar-refractivity contribution < 1.29 is 26.3 Å². The van der Waals surface area contributed by atoms with Crippen LogP contribution in [0.3, 0.4) is 0 Å². The zero-order chi connectivity index (χ0) is 25.9. The SMILES string of the molecule is Cn1nccc1NC1=N/C(Nc2ccnc(C(F)(F)F)c2)=C\CC/C(c2cccc(C(F)(F)F)n2)=N\1. The largest absolute Gasteiger partial charge is 0.433 e. The van der Waals surface area contributed by atoms with Crippen LogP contribution in [0.4, 0.5) is 37.8 Å². The quantitative estimate of drug-likeness (QED) is 0.470. The Balaban J connectivity index is 1.70. The van der Waals surface area contributed by atoms with Crippen LogP contribution in [0.2, 0.25) is 0 Å². The highest BCUT2D eigenvalue weighted by molar-refractivity contribution is 6.09. The zero-order valence-corrected chi connectivity index (χ0v) is 18.6. The average Bonchev–Trinajstić information content (AvgIpc) is 3.20. The first-order valence-corrected chi connectivity index (χ1v) is 10.5. The maximum absolute atomic E-state index is 13.2. The van der Waals surface area contributed by atoms with E-state index in [2.05, 4.69) is 35.7 Å². The fraction of sp³-hybridized carbons (Fsp3) is 0.227. The van der Waals surface area contributed by atoms with Crippen molar-refractivity contribution in [3.8, 4) is 0 Å². The van der Waals surface area contributed by atoms with Gasteiger partial charge in [-0.15, -0.1) is 0 Å². The smallest absolute Gasteiger partial charge is 0.340 e. The van der Waals surface area contributed by atoms with Crippen molar-refractivity contribution in [1.82, 2.24) is 19.7 Å². The van der Waals surface area contributed by atoms with Crippen molar-refractivity contribution in [2.75, 3.05) is 10.6 Å². The van der Waals surface area contributed by atoms with Crippen LogP contribution in [-0.2, 0) is 19.4 Å². The number of aromatic nitrogens is 4. The third kappa shape index (κ3) is 6.06. The summed E-state index contributed by atoms with van der Waals surface area (Å²) in [6.45, 7) is 0. The molecule has 2 N–H and O–H groups in total. The van der Waals surface area contributed by atoms with Crippen LogP contribution in [0, 0.1) is 0 Å². The summed E-state index contributed by atoms with van der Waals surface area (Å²) in [5, 5.41) is 9.77. The molecule has 0 saturated carbocycles. The predicted molar refractivity (Wildman–Crippen MR) is 120 cm³/mol. The van der Waals surface area contributed by atoms with Gasteiger partial charge < -0.3 is 10.6 Å².